The second-order valence-corrected chi connectivity index (χ2v) is 5.60. The van der Waals surface area contributed by atoms with Crippen LogP contribution in [-0.4, -0.2) is 25.7 Å². The number of hydrogen-bond donors (Lipinski definition) is 1. The number of nitrogens with zero attached hydrogens (tertiary/aromatic N) is 4. The van der Waals surface area contributed by atoms with E-state index in [1.165, 1.54) is 4.68 Å². The normalized spacial score (nSPS) is 17.4. The molecule has 21 heavy (non-hydrogen) atoms. The van der Waals surface area contributed by atoms with E-state index in [-0.39, 0.29) is 11.9 Å². The van der Waals surface area contributed by atoms with Crippen molar-refractivity contribution in [3.05, 3.63) is 40.2 Å². The first-order valence-electron chi connectivity index (χ1n) is 6.87. The minimum Gasteiger partial charge on any atom is -0.344 e. The molecule has 2 aromatic heterocycles. The summed E-state index contributed by atoms with van der Waals surface area (Å²) >= 11 is 5.92. The van der Waals surface area contributed by atoms with E-state index < -0.39 is 0 Å². The van der Waals surface area contributed by atoms with Crippen molar-refractivity contribution in [2.75, 3.05) is 0 Å². The minimum absolute atomic E-state index is 0.0670. The molecule has 1 unspecified atom stereocenters. The van der Waals surface area contributed by atoms with Crippen molar-refractivity contribution in [3.63, 3.8) is 0 Å². The number of aromatic nitrogens is 4. The van der Waals surface area contributed by atoms with Gasteiger partial charge in [0.2, 0.25) is 0 Å². The number of hydrogen-bond acceptors (Lipinski definition) is 4. The zero-order valence-corrected chi connectivity index (χ0v) is 12.7. The molecular weight excluding hydrogens is 290 g/mol. The molecule has 6 nitrogen and oxygen atoms in total. The van der Waals surface area contributed by atoms with Crippen molar-refractivity contribution in [2.45, 2.75) is 32.2 Å². The topological polar surface area (TPSA) is 72.7 Å². The molecule has 0 saturated heterocycles. The minimum atomic E-state index is -0.226. The molecule has 1 aliphatic carbocycles. The maximum Gasteiger partial charge on any atom is 0.272 e. The molecule has 1 amide bonds. The summed E-state index contributed by atoms with van der Waals surface area (Å²) in [5.41, 5.74) is 2.35. The molecule has 0 aliphatic heterocycles. The van der Waals surface area contributed by atoms with Crippen molar-refractivity contribution in [1.29, 1.82) is 0 Å². The van der Waals surface area contributed by atoms with E-state index in [1.807, 2.05) is 13.1 Å². The summed E-state index contributed by atoms with van der Waals surface area (Å²) in [5, 5.41) is 7.52. The van der Waals surface area contributed by atoms with Crippen LogP contribution < -0.4 is 5.32 Å². The van der Waals surface area contributed by atoms with Gasteiger partial charge in [0.1, 0.15) is 11.0 Å². The van der Waals surface area contributed by atoms with E-state index in [9.17, 15) is 4.79 Å². The lowest BCUT2D eigenvalue weighted by Gasteiger charge is -2.25. The van der Waals surface area contributed by atoms with Gasteiger partial charge < -0.3 is 5.32 Å². The third-order valence-electron chi connectivity index (χ3n) is 3.66. The number of amides is 1. The van der Waals surface area contributed by atoms with Crippen LogP contribution in [0.1, 0.15) is 46.5 Å². The van der Waals surface area contributed by atoms with Crippen LogP contribution in [0.25, 0.3) is 0 Å². The van der Waals surface area contributed by atoms with Gasteiger partial charge in [-0.1, -0.05) is 11.6 Å². The van der Waals surface area contributed by atoms with Gasteiger partial charge in [-0.3, -0.25) is 9.48 Å². The predicted octanol–water partition coefficient (Wildman–Crippen LogP) is 1.98. The smallest absolute Gasteiger partial charge is 0.272 e. The van der Waals surface area contributed by atoms with E-state index in [4.69, 9.17) is 11.6 Å². The van der Waals surface area contributed by atoms with Crippen molar-refractivity contribution in [1.82, 2.24) is 25.1 Å². The highest BCUT2D eigenvalue weighted by Crippen LogP contribution is 2.28. The summed E-state index contributed by atoms with van der Waals surface area (Å²) in [6, 6.07) is 1.49. The molecule has 1 atom stereocenters. The van der Waals surface area contributed by atoms with Gasteiger partial charge in [-0.25, -0.2) is 9.97 Å². The highest BCUT2D eigenvalue weighted by atomic mass is 35.5. The van der Waals surface area contributed by atoms with Crippen LogP contribution in [0.4, 0.5) is 0 Å². The van der Waals surface area contributed by atoms with Gasteiger partial charge in [-0.2, -0.15) is 5.10 Å². The second kappa shape index (κ2) is 5.44. The lowest BCUT2D eigenvalue weighted by Crippen LogP contribution is -2.32. The van der Waals surface area contributed by atoms with Gasteiger partial charge >= 0.3 is 0 Å². The number of aryl methyl sites for hydroxylation is 3. The number of halogens is 1. The third-order valence-corrected chi connectivity index (χ3v) is 4.02. The Hall–Kier alpha value is -1.95. The SMILES string of the molecule is Cc1ncc2c(n1)CCCC2NC(=O)c1cc(Cl)n(C)n1. The largest absolute Gasteiger partial charge is 0.344 e. The Labute approximate surface area is 127 Å². The Balaban J connectivity index is 1.81. The zero-order valence-electron chi connectivity index (χ0n) is 11.9. The van der Waals surface area contributed by atoms with E-state index in [2.05, 4.69) is 20.4 Å². The van der Waals surface area contributed by atoms with Gasteiger partial charge in [0, 0.05) is 30.6 Å². The Morgan fingerprint density at radius 1 is 1.52 bits per heavy atom. The molecule has 0 bridgehead atoms. The van der Waals surface area contributed by atoms with Crippen molar-refractivity contribution in [2.24, 2.45) is 7.05 Å². The summed E-state index contributed by atoms with van der Waals surface area (Å²) in [4.78, 5) is 21.0. The molecule has 0 fully saturated rings. The first-order chi connectivity index (χ1) is 10.0. The van der Waals surface area contributed by atoms with Gasteiger partial charge in [0.05, 0.1) is 6.04 Å². The number of carbonyl (C=O) groups is 1. The molecule has 1 N–H and O–H groups in total. The highest BCUT2D eigenvalue weighted by molar-refractivity contribution is 6.29. The van der Waals surface area contributed by atoms with Crippen LogP contribution in [0.15, 0.2) is 12.3 Å². The summed E-state index contributed by atoms with van der Waals surface area (Å²) in [6.07, 6.45) is 4.62. The maximum atomic E-state index is 12.3. The number of carbonyl (C=O) groups excluding carboxylic acids is 1. The average molecular weight is 306 g/mol. The molecule has 7 heteroatoms. The molecule has 2 aromatic rings. The third kappa shape index (κ3) is 2.76. The van der Waals surface area contributed by atoms with E-state index in [0.717, 1.165) is 36.3 Å². The Bertz CT molecular complexity index is 677. The molecule has 0 spiro atoms. The fourth-order valence-electron chi connectivity index (χ4n) is 2.58. The average Bonchev–Trinajstić information content (AvgIpc) is 2.79. The van der Waals surface area contributed by atoms with Gasteiger partial charge in [0.25, 0.3) is 5.91 Å². The van der Waals surface area contributed by atoms with Gasteiger partial charge in [0.15, 0.2) is 5.69 Å². The van der Waals surface area contributed by atoms with Crippen LogP contribution in [0.3, 0.4) is 0 Å². The summed E-state index contributed by atoms with van der Waals surface area (Å²) in [6.45, 7) is 1.87. The fraction of sp³-hybridized carbons (Fsp3) is 0.429. The quantitative estimate of drug-likeness (QED) is 0.921. The van der Waals surface area contributed by atoms with Crippen LogP contribution in [0, 0.1) is 6.92 Å². The lowest BCUT2D eigenvalue weighted by molar-refractivity contribution is 0.0926. The predicted molar refractivity (Wildman–Crippen MR) is 78.1 cm³/mol. The van der Waals surface area contributed by atoms with E-state index in [1.54, 1.807) is 13.1 Å². The monoisotopic (exact) mass is 305 g/mol. The molecule has 3 rings (SSSR count). The van der Waals surface area contributed by atoms with Crippen LogP contribution in [0.2, 0.25) is 5.15 Å². The number of rotatable bonds is 2. The summed E-state index contributed by atoms with van der Waals surface area (Å²) < 4.78 is 1.47. The molecule has 2 heterocycles. The molecule has 0 saturated carbocycles. The first-order valence-corrected chi connectivity index (χ1v) is 7.25. The number of nitrogens with one attached hydrogen (secondary N) is 1. The molecule has 0 aromatic carbocycles. The highest BCUT2D eigenvalue weighted by Gasteiger charge is 2.24. The first kappa shape index (κ1) is 14.0. The fourth-order valence-corrected chi connectivity index (χ4v) is 2.73. The van der Waals surface area contributed by atoms with Crippen LogP contribution in [0.5, 0.6) is 0 Å². The van der Waals surface area contributed by atoms with Crippen LogP contribution >= 0.6 is 11.6 Å². The second-order valence-electron chi connectivity index (χ2n) is 5.21. The molecule has 0 radical (unpaired) electrons. The van der Waals surface area contributed by atoms with Gasteiger partial charge in [-0.15, -0.1) is 0 Å². The standard InChI is InChI=1S/C14H16ClN5O/c1-8-16-7-9-10(17-8)4-3-5-11(9)18-14(21)12-6-13(15)20(2)19-12/h6-7,11H,3-5H2,1-2H3,(H,18,21). The summed E-state index contributed by atoms with van der Waals surface area (Å²) in [5.74, 6) is 0.535. The molecular formula is C14H16ClN5O. The Morgan fingerprint density at radius 3 is 3.05 bits per heavy atom. The van der Waals surface area contributed by atoms with Crippen LogP contribution in [-0.2, 0) is 13.5 Å². The Kier molecular flexibility index (Phi) is 3.63. The summed E-state index contributed by atoms with van der Waals surface area (Å²) in [7, 11) is 1.70. The lowest BCUT2D eigenvalue weighted by atomic mass is 9.92. The van der Waals surface area contributed by atoms with Crippen molar-refractivity contribution in [3.8, 4) is 0 Å². The van der Waals surface area contributed by atoms with E-state index >= 15 is 0 Å². The number of fused-ring (bicyclic) bond motifs is 1. The molecule has 110 valence electrons. The van der Waals surface area contributed by atoms with Gasteiger partial charge in [-0.05, 0) is 26.2 Å². The van der Waals surface area contributed by atoms with Crippen molar-refractivity contribution >= 4 is 17.5 Å². The maximum absolute atomic E-state index is 12.3. The Morgan fingerprint density at radius 2 is 2.33 bits per heavy atom. The molecule has 1 aliphatic rings. The zero-order chi connectivity index (χ0) is 15.0. The van der Waals surface area contributed by atoms with E-state index in [0.29, 0.717) is 10.8 Å². The van der Waals surface area contributed by atoms with Crippen molar-refractivity contribution < 1.29 is 4.79 Å².